The van der Waals surface area contributed by atoms with E-state index in [-0.39, 0.29) is 12.5 Å². The average Bonchev–Trinajstić information content (AvgIpc) is 3.01. The normalized spacial score (nSPS) is 10.6. The fourth-order valence-electron chi connectivity index (χ4n) is 2.38. The van der Waals surface area contributed by atoms with E-state index in [9.17, 15) is 4.79 Å². The Morgan fingerprint density at radius 2 is 1.96 bits per heavy atom. The van der Waals surface area contributed by atoms with E-state index < -0.39 is 0 Å². The highest BCUT2D eigenvalue weighted by atomic mass is 35.5. The third kappa shape index (κ3) is 4.53. The topological polar surface area (TPSA) is 69.0 Å². The van der Waals surface area contributed by atoms with Crippen LogP contribution in [0.15, 0.2) is 48.8 Å². The predicted molar refractivity (Wildman–Crippen MR) is 100 cm³/mol. The number of amides is 1. The SMILES string of the molecule is Cn1nc(CNC(=O)COc2ccc(Cl)cc2Cl)cc1-c1ccncc1. The van der Waals surface area contributed by atoms with Gasteiger partial charge in [-0.3, -0.25) is 14.5 Å². The van der Waals surface area contributed by atoms with Gasteiger partial charge in [-0.05, 0) is 36.4 Å². The van der Waals surface area contributed by atoms with E-state index in [1.807, 2.05) is 25.2 Å². The lowest BCUT2D eigenvalue weighted by molar-refractivity contribution is -0.123. The van der Waals surface area contributed by atoms with Crippen molar-refractivity contribution in [3.63, 3.8) is 0 Å². The van der Waals surface area contributed by atoms with Crippen LogP contribution in [0.3, 0.4) is 0 Å². The lowest BCUT2D eigenvalue weighted by Crippen LogP contribution is -2.28. The Bertz CT molecular complexity index is 913. The van der Waals surface area contributed by atoms with E-state index in [4.69, 9.17) is 27.9 Å². The standard InChI is InChI=1S/C18H16Cl2N4O2/c1-24-16(12-4-6-21-7-5-12)9-14(23-24)10-22-18(25)11-26-17-3-2-13(19)8-15(17)20/h2-9H,10-11H2,1H3,(H,22,25). The highest BCUT2D eigenvalue weighted by Crippen LogP contribution is 2.27. The summed E-state index contributed by atoms with van der Waals surface area (Å²) >= 11 is 11.8. The summed E-state index contributed by atoms with van der Waals surface area (Å²) in [7, 11) is 1.85. The first-order chi connectivity index (χ1) is 12.5. The van der Waals surface area contributed by atoms with Crippen molar-refractivity contribution < 1.29 is 9.53 Å². The molecule has 0 aliphatic rings. The monoisotopic (exact) mass is 390 g/mol. The number of hydrogen-bond donors (Lipinski definition) is 1. The summed E-state index contributed by atoms with van der Waals surface area (Å²) in [6, 6.07) is 10.6. The van der Waals surface area contributed by atoms with Gasteiger partial charge in [-0.15, -0.1) is 0 Å². The van der Waals surface area contributed by atoms with E-state index in [0.29, 0.717) is 22.3 Å². The molecule has 0 unspecified atom stereocenters. The molecule has 1 aromatic carbocycles. The number of rotatable bonds is 6. The Morgan fingerprint density at radius 1 is 1.19 bits per heavy atom. The Balaban J connectivity index is 1.55. The molecule has 0 saturated heterocycles. The molecule has 134 valence electrons. The molecule has 0 spiro atoms. The van der Waals surface area contributed by atoms with E-state index in [2.05, 4.69) is 15.4 Å². The smallest absolute Gasteiger partial charge is 0.258 e. The second-order valence-electron chi connectivity index (χ2n) is 5.52. The number of aromatic nitrogens is 3. The molecule has 8 heteroatoms. The molecule has 0 atom stereocenters. The molecular formula is C18H16Cl2N4O2. The van der Waals surface area contributed by atoms with Crippen LogP contribution in [0.5, 0.6) is 5.75 Å². The third-order valence-electron chi connectivity index (χ3n) is 3.63. The number of pyridine rings is 1. The summed E-state index contributed by atoms with van der Waals surface area (Å²) in [5.41, 5.74) is 2.70. The first-order valence-electron chi connectivity index (χ1n) is 7.81. The Morgan fingerprint density at radius 3 is 2.69 bits per heavy atom. The second-order valence-corrected chi connectivity index (χ2v) is 6.36. The molecule has 0 bridgehead atoms. The number of carbonyl (C=O) groups excluding carboxylic acids is 1. The number of halogens is 2. The summed E-state index contributed by atoms with van der Waals surface area (Å²) in [5.74, 6) is 0.135. The van der Waals surface area contributed by atoms with Crippen LogP contribution in [-0.2, 0) is 18.4 Å². The van der Waals surface area contributed by atoms with Gasteiger partial charge in [-0.25, -0.2) is 0 Å². The maximum Gasteiger partial charge on any atom is 0.258 e. The van der Waals surface area contributed by atoms with E-state index in [1.54, 1.807) is 35.3 Å². The van der Waals surface area contributed by atoms with Gasteiger partial charge in [0.15, 0.2) is 6.61 Å². The van der Waals surface area contributed by atoms with Crippen molar-refractivity contribution >= 4 is 29.1 Å². The molecule has 3 aromatic rings. The molecule has 1 amide bonds. The number of nitrogens with one attached hydrogen (secondary N) is 1. The molecule has 2 heterocycles. The summed E-state index contributed by atoms with van der Waals surface area (Å²) in [5, 5.41) is 8.04. The van der Waals surface area contributed by atoms with Gasteiger partial charge in [0.05, 0.1) is 23.0 Å². The summed E-state index contributed by atoms with van der Waals surface area (Å²) in [6.07, 6.45) is 3.45. The molecule has 3 rings (SSSR count). The van der Waals surface area contributed by atoms with Crippen molar-refractivity contribution in [2.75, 3.05) is 6.61 Å². The number of benzene rings is 1. The van der Waals surface area contributed by atoms with Crippen molar-refractivity contribution in [1.29, 1.82) is 0 Å². The molecule has 0 aliphatic carbocycles. The second kappa shape index (κ2) is 8.21. The largest absolute Gasteiger partial charge is 0.482 e. The number of carbonyl (C=O) groups is 1. The van der Waals surface area contributed by atoms with E-state index >= 15 is 0 Å². The molecule has 1 N–H and O–H groups in total. The summed E-state index contributed by atoms with van der Waals surface area (Å²) < 4.78 is 7.17. The Kier molecular flexibility index (Phi) is 5.75. The summed E-state index contributed by atoms with van der Waals surface area (Å²) in [4.78, 5) is 16.0. The highest BCUT2D eigenvalue weighted by molar-refractivity contribution is 6.35. The minimum atomic E-state index is -0.271. The number of hydrogen-bond acceptors (Lipinski definition) is 4. The zero-order valence-corrected chi connectivity index (χ0v) is 15.5. The predicted octanol–water partition coefficient (Wildman–Crippen LogP) is 3.48. The zero-order chi connectivity index (χ0) is 18.5. The maximum atomic E-state index is 12.0. The van der Waals surface area contributed by atoms with Gasteiger partial charge in [0.1, 0.15) is 5.75 Å². The highest BCUT2D eigenvalue weighted by Gasteiger charge is 2.10. The minimum Gasteiger partial charge on any atom is -0.482 e. The molecule has 6 nitrogen and oxygen atoms in total. The lowest BCUT2D eigenvalue weighted by atomic mass is 10.2. The quantitative estimate of drug-likeness (QED) is 0.699. The fourth-order valence-corrected chi connectivity index (χ4v) is 2.84. The van der Waals surface area contributed by atoms with Gasteiger partial charge in [0, 0.05) is 30.0 Å². The van der Waals surface area contributed by atoms with E-state index in [1.165, 1.54) is 0 Å². The zero-order valence-electron chi connectivity index (χ0n) is 13.9. The number of nitrogens with zero attached hydrogens (tertiary/aromatic N) is 3. The van der Waals surface area contributed by atoms with Gasteiger partial charge in [0.2, 0.25) is 0 Å². The van der Waals surface area contributed by atoms with Crippen molar-refractivity contribution in [1.82, 2.24) is 20.1 Å². The molecular weight excluding hydrogens is 375 g/mol. The molecule has 26 heavy (non-hydrogen) atoms. The van der Waals surface area contributed by atoms with Crippen LogP contribution >= 0.6 is 23.2 Å². The van der Waals surface area contributed by atoms with Crippen LogP contribution in [0.2, 0.25) is 10.0 Å². The Hall–Kier alpha value is -2.57. The van der Waals surface area contributed by atoms with Crippen LogP contribution in [0.4, 0.5) is 0 Å². The minimum absolute atomic E-state index is 0.147. The van der Waals surface area contributed by atoms with Gasteiger partial charge in [-0.1, -0.05) is 23.2 Å². The van der Waals surface area contributed by atoms with Crippen LogP contribution in [0.1, 0.15) is 5.69 Å². The fraction of sp³-hybridized carbons (Fsp3) is 0.167. The summed E-state index contributed by atoms with van der Waals surface area (Å²) in [6.45, 7) is 0.154. The van der Waals surface area contributed by atoms with Gasteiger partial charge >= 0.3 is 0 Å². The van der Waals surface area contributed by atoms with Gasteiger partial charge in [0.25, 0.3) is 5.91 Å². The van der Waals surface area contributed by atoms with Crippen molar-refractivity contribution in [3.05, 3.63) is 64.5 Å². The van der Waals surface area contributed by atoms with Crippen LogP contribution in [0, 0.1) is 0 Å². The first kappa shape index (κ1) is 18.2. The lowest BCUT2D eigenvalue weighted by Gasteiger charge is -2.08. The van der Waals surface area contributed by atoms with E-state index in [0.717, 1.165) is 17.0 Å². The molecule has 0 aliphatic heterocycles. The maximum absolute atomic E-state index is 12.0. The number of aryl methyl sites for hydroxylation is 1. The average molecular weight is 391 g/mol. The number of ether oxygens (including phenoxy) is 1. The Labute approximate surface area is 160 Å². The first-order valence-corrected chi connectivity index (χ1v) is 8.56. The van der Waals surface area contributed by atoms with Crippen molar-refractivity contribution in [2.45, 2.75) is 6.54 Å². The van der Waals surface area contributed by atoms with Gasteiger partial charge in [-0.2, -0.15) is 5.10 Å². The van der Waals surface area contributed by atoms with Crippen LogP contribution < -0.4 is 10.1 Å². The van der Waals surface area contributed by atoms with Crippen molar-refractivity contribution in [3.8, 4) is 17.0 Å². The van der Waals surface area contributed by atoms with Crippen LogP contribution in [0.25, 0.3) is 11.3 Å². The molecule has 0 radical (unpaired) electrons. The van der Waals surface area contributed by atoms with Crippen molar-refractivity contribution in [2.24, 2.45) is 7.05 Å². The molecule has 2 aromatic heterocycles. The third-order valence-corrected chi connectivity index (χ3v) is 4.16. The molecule has 0 fully saturated rings. The van der Waals surface area contributed by atoms with Crippen LogP contribution in [-0.4, -0.2) is 27.3 Å². The van der Waals surface area contributed by atoms with Gasteiger partial charge < -0.3 is 10.1 Å². The molecule has 0 saturated carbocycles.